The molecule has 1 aliphatic carbocycles. The fourth-order valence-corrected chi connectivity index (χ4v) is 2.42. The van der Waals surface area contributed by atoms with E-state index in [2.05, 4.69) is 12.1 Å². The molecule has 0 aliphatic heterocycles. The third kappa shape index (κ3) is 2.80. The molecule has 1 aliphatic rings. The lowest BCUT2D eigenvalue weighted by molar-refractivity contribution is 0.0629. The first-order valence-corrected chi connectivity index (χ1v) is 5.73. The highest BCUT2D eigenvalue weighted by Crippen LogP contribution is 2.26. The third-order valence-electron chi connectivity index (χ3n) is 3.32. The van der Waals surface area contributed by atoms with E-state index in [4.69, 9.17) is 5.73 Å². The van der Waals surface area contributed by atoms with Crippen LogP contribution in [-0.2, 0) is 6.42 Å². The molecule has 2 rings (SSSR count). The van der Waals surface area contributed by atoms with Crippen molar-refractivity contribution in [1.82, 2.24) is 0 Å². The summed E-state index contributed by atoms with van der Waals surface area (Å²) in [6, 6.07) is 10.6. The quantitative estimate of drug-likeness (QED) is 0.772. The normalized spacial score (nSPS) is 31.5. The Bertz CT molecular complexity index is 299. The van der Waals surface area contributed by atoms with Crippen LogP contribution in [0.25, 0.3) is 0 Å². The maximum Gasteiger partial charge on any atom is 0.0572 e. The van der Waals surface area contributed by atoms with Crippen molar-refractivity contribution in [2.45, 2.75) is 37.8 Å². The van der Waals surface area contributed by atoms with Crippen LogP contribution in [0, 0.1) is 5.92 Å². The molecule has 2 nitrogen and oxygen atoms in total. The molecule has 0 saturated heterocycles. The van der Waals surface area contributed by atoms with Gasteiger partial charge in [0.2, 0.25) is 0 Å². The molecule has 0 amide bonds. The minimum atomic E-state index is -0.162. The Kier molecular flexibility index (Phi) is 3.39. The monoisotopic (exact) mass is 205 g/mol. The number of benzene rings is 1. The van der Waals surface area contributed by atoms with Crippen molar-refractivity contribution >= 4 is 0 Å². The number of nitrogens with two attached hydrogens (primary N) is 1. The summed E-state index contributed by atoms with van der Waals surface area (Å²) in [7, 11) is 0. The molecule has 3 N–H and O–H groups in total. The van der Waals surface area contributed by atoms with E-state index in [9.17, 15) is 5.11 Å². The van der Waals surface area contributed by atoms with E-state index in [-0.39, 0.29) is 12.1 Å². The highest BCUT2D eigenvalue weighted by molar-refractivity contribution is 5.15. The highest BCUT2D eigenvalue weighted by atomic mass is 16.3. The van der Waals surface area contributed by atoms with E-state index in [0.717, 1.165) is 25.7 Å². The van der Waals surface area contributed by atoms with Crippen molar-refractivity contribution in [1.29, 1.82) is 0 Å². The molecule has 0 aromatic heterocycles. The van der Waals surface area contributed by atoms with E-state index in [1.165, 1.54) is 5.56 Å². The van der Waals surface area contributed by atoms with Gasteiger partial charge in [0.25, 0.3) is 0 Å². The number of hydrogen-bond acceptors (Lipinski definition) is 2. The van der Waals surface area contributed by atoms with Crippen molar-refractivity contribution in [3.05, 3.63) is 35.9 Å². The van der Waals surface area contributed by atoms with Crippen LogP contribution < -0.4 is 5.73 Å². The predicted octanol–water partition coefficient (Wildman–Crippen LogP) is 1.72. The zero-order valence-electron chi connectivity index (χ0n) is 8.97. The fraction of sp³-hybridized carbons (Fsp3) is 0.538. The zero-order valence-corrected chi connectivity index (χ0v) is 8.97. The second-order valence-electron chi connectivity index (χ2n) is 4.59. The Morgan fingerprint density at radius 3 is 2.67 bits per heavy atom. The Morgan fingerprint density at radius 2 is 1.93 bits per heavy atom. The van der Waals surface area contributed by atoms with Crippen LogP contribution in [0.5, 0.6) is 0 Å². The first kappa shape index (κ1) is 10.7. The lowest BCUT2D eigenvalue weighted by Gasteiger charge is -2.31. The fourth-order valence-electron chi connectivity index (χ4n) is 2.42. The molecule has 1 saturated carbocycles. The van der Waals surface area contributed by atoms with Gasteiger partial charge in [-0.05, 0) is 37.2 Å². The van der Waals surface area contributed by atoms with Gasteiger partial charge in [0, 0.05) is 6.04 Å². The molecule has 0 bridgehead atoms. The van der Waals surface area contributed by atoms with Gasteiger partial charge in [0.1, 0.15) is 0 Å². The van der Waals surface area contributed by atoms with E-state index in [1.54, 1.807) is 0 Å². The standard InChI is InChI=1S/C13H19NO/c14-12-6-7-13(15)11(9-12)8-10-4-2-1-3-5-10/h1-5,11-13,15H,6-9,14H2/t11-,12+,13-/m0/s1. The predicted molar refractivity (Wildman–Crippen MR) is 61.5 cm³/mol. The van der Waals surface area contributed by atoms with Gasteiger partial charge in [-0.25, -0.2) is 0 Å². The Labute approximate surface area is 91.1 Å². The van der Waals surface area contributed by atoms with Gasteiger partial charge in [0.05, 0.1) is 6.10 Å². The second-order valence-corrected chi connectivity index (χ2v) is 4.59. The van der Waals surface area contributed by atoms with Crippen LogP contribution in [0.2, 0.25) is 0 Å². The molecule has 1 fully saturated rings. The van der Waals surface area contributed by atoms with Crippen LogP contribution in [0.4, 0.5) is 0 Å². The molecule has 2 heteroatoms. The minimum absolute atomic E-state index is 0.162. The van der Waals surface area contributed by atoms with Gasteiger partial charge < -0.3 is 10.8 Å². The van der Waals surface area contributed by atoms with Crippen molar-refractivity contribution in [3.8, 4) is 0 Å². The number of rotatable bonds is 2. The highest BCUT2D eigenvalue weighted by Gasteiger charge is 2.27. The third-order valence-corrected chi connectivity index (χ3v) is 3.32. The molecule has 82 valence electrons. The van der Waals surface area contributed by atoms with Crippen LogP contribution in [0.15, 0.2) is 30.3 Å². The van der Waals surface area contributed by atoms with Crippen LogP contribution >= 0.6 is 0 Å². The molecule has 0 unspecified atom stereocenters. The average Bonchev–Trinajstić information content (AvgIpc) is 2.25. The summed E-state index contributed by atoms with van der Waals surface area (Å²) in [5, 5.41) is 9.89. The van der Waals surface area contributed by atoms with Gasteiger partial charge in [-0.15, -0.1) is 0 Å². The largest absolute Gasteiger partial charge is 0.393 e. The van der Waals surface area contributed by atoms with Crippen molar-refractivity contribution < 1.29 is 5.11 Å². The maximum atomic E-state index is 9.89. The molecule has 0 spiro atoms. The number of aliphatic hydroxyl groups excluding tert-OH is 1. The summed E-state index contributed by atoms with van der Waals surface area (Å²) < 4.78 is 0. The summed E-state index contributed by atoms with van der Waals surface area (Å²) >= 11 is 0. The van der Waals surface area contributed by atoms with Crippen LogP contribution in [0.1, 0.15) is 24.8 Å². The van der Waals surface area contributed by atoms with Crippen molar-refractivity contribution in [3.63, 3.8) is 0 Å². The Morgan fingerprint density at radius 1 is 1.20 bits per heavy atom. The van der Waals surface area contributed by atoms with Gasteiger partial charge in [0.15, 0.2) is 0 Å². The van der Waals surface area contributed by atoms with Gasteiger partial charge in [-0.2, -0.15) is 0 Å². The first-order chi connectivity index (χ1) is 7.25. The Hall–Kier alpha value is -0.860. The molecule has 0 heterocycles. The molecular weight excluding hydrogens is 186 g/mol. The van der Waals surface area contributed by atoms with Crippen molar-refractivity contribution in [2.24, 2.45) is 11.7 Å². The van der Waals surface area contributed by atoms with Crippen LogP contribution in [-0.4, -0.2) is 17.3 Å². The summed E-state index contributed by atoms with van der Waals surface area (Å²) in [4.78, 5) is 0. The second kappa shape index (κ2) is 4.77. The molecule has 15 heavy (non-hydrogen) atoms. The number of aliphatic hydroxyl groups is 1. The van der Waals surface area contributed by atoms with Gasteiger partial charge in [-0.3, -0.25) is 0 Å². The number of hydrogen-bond donors (Lipinski definition) is 2. The van der Waals surface area contributed by atoms with E-state index in [1.807, 2.05) is 18.2 Å². The lowest BCUT2D eigenvalue weighted by atomic mass is 9.80. The summed E-state index contributed by atoms with van der Waals surface area (Å²) in [6.45, 7) is 0. The summed E-state index contributed by atoms with van der Waals surface area (Å²) in [5.41, 5.74) is 7.23. The summed E-state index contributed by atoms with van der Waals surface area (Å²) in [6.07, 6.45) is 3.57. The first-order valence-electron chi connectivity index (χ1n) is 5.73. The topological polar surface area (TPSA) is 46.2 Å². The molecular formula is C13H19NO. The zero-order chi connectivity index (χ0) is 10.7. The lowest BCUT2D eigenvalue weighted by Crippen LogP contribution is -2.37. The maximum absolute atomic E-state index is 9.89. The van der Waals surface area contributed by atoms with E-state index < -0.39 is 0 Å². The SMILES string of the molecule is N[C@@H]1CC[C@H](O)[C@@H](Cc2ccccc2)C1. The Balaban J connectivity index is 1.98. The van der Waals surface area contributed by atoms with Crippen LogP contribution in [0.3, 0.4) is 0 Å². The molecule has 1 aromatic rings. The van der Waals surface area contributed by atoms with E-state index >= 15 is 0 Å². The average molecular weight is 205 g/mol. The molecule has 3 atom stereocenters. The van der Waals surface area contributed by atoms with Crippen molar-refractivity contribution in [2.75, 3.05) is 0 Å². The van der Waals surface area contributed by atoms with Gasteiger partial charge in [-0.1, -0.05) is 30.3 Å². The van der Waals surface area contributed by atoms with E-state index in [0.29, 0.717) is 5.92 Å². The summed E-state index contributed by atoms with van der Waals surface area (Å²) in [5.74, 6) is 0.344. The minimum Gasteiger partial charge on any atom is -0.393 e. The van der Waals surface area contributed by atoms with Gasteiger partial charge >= 0.3 is 0 Å². The smallest absolute Gasteiger partial charge is 0.0572 e. The molecule has 0 radical (unpaired) electrons. The molecule has 1 aromatic carbocycles.